The van der Waals surface area contributed by atoms with Crippen LogP contribution in [0.3, 0.4) is 0 Å². The summed E-state index contributed by atoms with van der Waals surface area (Å²) in [4.78, 5) is 12.5. The third-order valence-corrected chi connectivity index (χ3v) is 11.2. The molecular weight excluding hydrogens is 440 g/mol. The lowest BCUT2D eigenvalue weighted by molar-refractivity contribution is -0.148. The zero-order chi connectivity index (χ0) is 26.0. The first kappa shape index (κ1) is 26.6. The summed E-state index contributed by atoms with van der Waals surface area (Å²) in [6.45, 7) is 13.1. The third-order valence-electron chi connectivity index (χ3n) is 11.2. The molecule has 5 heteroatoms. The van der Waals surface area contributed by atoms with Crippen LogP contribution in [-0.4, -0.2) is 45.2 Å². The molecule has 0 amide bonds. The van der Waals surface area contributed by atoms with Crippen molar-refractivity contribution < 1.29 is 25.2 Å². The van der Waals surface area contributed by atoms with E-state index in [2.05, 4.69) is 46.8 Å². The van der Waals surface area contributed by atoms with Gasteiger partial charge >= 0.3 is 5.97 Å². The molecule has 0 aromatic carbocycles. The normalized spacial score (nSPS) is 43.4. The van der Waals surface area contributed by atoms with E-state index in [1.165, 1.54) is 11.1 Å². The van der Waals surface area contributed by atoms with Gasteiger partial charge in [-0.15, -0.1) is 0 Å². The lowest BCUT2D eigenvalue weighted by Crippen LogP contribution is -2.54. The minimum Gasteiger partial charge on any atom is -0.481 e. The Hall–Kier alpha value is -1.43. The topological polar surface area (TPSA) is 98.0 Å². The fourth-order valence-corrected chi connectivity index (χ4v) is 8.85. The molecule has 4 aliphatic rings. The van der Waals surface area contributed by atoms with E-state index in [4.69, 9.17) is 0 Å². The van der Waals surface area contributed by atoms with Crippen molar-refractivity contribution in [2.75, 3.05) is 6.61 Å². The number of aliphatic hydroxyl groups excluding tert-OH is 3. The molecule has 2 saturated carbocycles. The van der Waals surface area contributed by atoms with Crippen LogP contribution in [0.15, 0.2) is 34.9 Å². The second-order valence-electron chi connectivity index (χ2n) is 13.3. The number of carbonyl (C=O) groups is 1. The fraction of sp³-hybridized carbons (Fsp3) is 0.767. The van der Waals surface area contributed by atoms with Gasteiger partial charge in [0.2, 0.25) is 0 Å². The second-order valence-corrected chi connectivity index (χ2v) is 13.3. The maximum Gasteiger partial charge on any atom is 0.306 e. The number of fused-ring (bicyclic) bond motifs is 5. The Balaban J connectivity index is 1.72. The van der Waals surface area contributed by atoms with Gasteiger partial charge in [0.25, 0.3) is 0 Å². The standard InChI is InChI=1S/C30H46O5/c1-18(17-31)8-7-9-19(26(34)35)25-22(32)16-30(6)21-10-11-23-27(2,3)24(33)13-14-28(23,4)20(21)12-15-29(25,30)5/h8,10,12,19,22-25,31-33H,7,9,11,13-17H2,1-6H3,(H,34,35)/b18-8+/t19-,22-,23+,24-,25+,28-,29-,30+/m1/s1. The highest BCUT2D eigenvalue weighted by Gasteiger charge is 2.66. The van der Waals surface area contributed by atoms with Gasteiger partial charge in [0.15, 0.2) is 0 Å². The van der Waals surface area contributed by atoms with Gasteiger partial charge in [0.1, 0.15) is 0 Å². The summed E-state index contributed by atoms with van der Waals surface area (Å²) in [6.07, 6.45) is 10.7. The molecule has 0 spiro atoms. The van der Waals surface area contributed by atoms with E-state index in [0.29, 0.717) is 25.2 Å². The highest BCUT2D eigenvalue weighted by atomic mass is 16.4. The summed E-state index contributed by atoms with van der Waals surface area (Å²) in [7, 11) is 0. The largest absolute Gasteiger partial charge is 0.481 e. The van der Waals surface area contributed by atoms with Crippen LogP contribution < -0.4 is 0 Å². The molecule has 0 aromatic heterocycles. The van der Waals surface area contributed by atoms with E-state index >= 15 is 0 Å². The van der Waals surface area contributed by atoms with E-state index in [9.17, 15) is 25.2 Å². The van der Waals surface area contributed by atoms with Gasteiger partial charge in [-0.05, 0) is 85.2 Å². The Morgan fingerprint density at radius 2 is 1.83 bits per heavy atom. The van der Waals surface area contributed by atoms with Crippen molar-refractivity contribution in [3.8, 4) is 0 Å². The Kier molecular flexibility index (Phi) is 6.73. The summed E-state index contributed by atoms with van der Waals surface area (Å²) in [6, 6.07) is 0. The number of rotatable bonds is 6. The number of allylic oxidation sites excluding steroid dienone is 5. The predicted molar refractivity (Wildman–Crippen MR) is 138 cm³/mol. The van der Waals surface area contributed by atoms with Crippen molar-refractivity contribution in [2.24, 2.45) is 39.4 Å². The van der Waals surface area contributed by atoms with Gasteiger partial charge in [0.05, 0.1) is 24.7 Å². The molecule has 0 aliphatic heterocycles. The molecule has 4 aliphatic carbocycles. The average Bonchev–Trinajstić information content (AvgIpc) is 2.99. The van der Waals surface area contributed by atoms with Crippen molar-refractivity contribution >= 4 is 5.97 Å². The highest BCUT2D eigenvalue weighted by Crippen LogP contribution is 2.71. The van der Waals surface area contributed by atoms with Gasteiger partial charge in [-0.3, -0.25) is 4.79 Å². The summed E-state index contributed by atoms with van der Waals surface area (Å²) in [5, 5.41) is 41.8. The SMILES string of the molecule is C/C(=C\CC[C@@H](C(=O)O)[C@H]1[C@H](O)C[C@@]2(C)C3=CC[C@H]4C(C)(C)[C@H](O)CC[C@]4(C)C3=CC[C@]12C)CO. The van der Waals surface area contributed by atoms with Crippen LogP contribution in [0.1, 0.15) is 86.5 Å². The minimum atomic E-state index is -0.836. The lowest BCUT2D eigenvalue weighted by Gasteiger charge is -2.61. The zero-order valence-electron chi connectivity index (χ0n) is 22.5. The van der Waals surface area contributed by atoms with Crippen LogP contribution in [0, 0.1) is 39.4 Å². The second kappa shape index (κ2) is 8.85. The fourth-order valence-electron chi connectivity index (χ4n) is 8.85. The molecule has 35 heavy (non-hydrogen) atoms. The number of carboxylic acid groups (broad SMARTS) is 1. The van der Waals surface area contributed by atoms with E-state index in [-0.39, 0.29) is 40.3 Å². The van der Waals surface area contributed by atoms with E-state index < -0.39 is 18.0 Å². The summed E-state index contributed by atoms with van der Waals surface area (Å²) >= 11 is 0. The number of hydrogen-bond donors (Lipinski definition) is 4. The number of hydrogen-bond acceptors (Lipinski definition) is 4. The number of aliphatic hydroxyl groups is 3. The predicted octanol–water partition coefficient (Wildman–Crippen LogP) is 5.26. The zero-order valence-corrected chi connectivity index (χ0v) is 22.5. The molecule has 0 saturated heterocycles. The quantitative estimate of drug-likeness (QED) is 0.384. The maximum atomic E-state index is 12.5. The monoisotopic (exact) mass is 486 g/mol. The molecular formula is C30H46O5. The van der Waals surface area contributed by atoms with Gasteiger partial charge < -0.3 is 20.4 Å². The lowest BCUT2D eigenvalue weighted by atomic mass is 9.44. The molecule has 0 aromatic rings. The van der Waals surface area contributed by atoms with Gasteiger partial charge in [0, 0.05) is 11.3 Å². The van der Waals surface area contributed by atoms with Crippen molar-refractivity contribution in [3.63, 3.8) is 0 Å². The van der Waals surface area contributed by atoms with Gasteiger partial charge in [-0.25, -0.2) is 0 Å². The van der Waals surface area contributed by atoms with Crippen LogP contribution in [-0.2, 0) is 4.79 Å². The van der Waals surface area contributed by atoms with Gasteiger partial charge in [-0.1, -0.05) is 58.4 Å². The number of aliphatic carboxylic acids is 1. The molecule has 0 radical (unpaired) electrons. The smallest absolute Gasteiger partial charge is 0.306 e. The van der Waals surface area contributed by atoms with Crippen LogP contribution >= 0.6 is 0 Å². The third kappa shape index (κ3) is 3.79. The molecule has 196 valence electrons. The summed E-state index contributed by atoms with van der Waals surface area (Å²) in [5.74, 6) is -1.44. The molecule has 5 nitrogen and oxygen atoms in total. The molecule has 4 N–H and O–H groups in total. The maximum absolute atomic E-state index is 12.5. The Bertz CT molecular complexity index is 960. The van der Waals surface area contributed by atoms with Crippen LogP contribution in [0.2, 0.25) is 0 Å². The van der Waals surface area contributed by atoms with Crippen LogP contribution in [0.4, 0.5) is 0 Å². The van der Waals surface area contributed by atoms with Crippen molar-refractivity contribution in [2.45, 2.75) is 98.7 Å². The van der Waals surface area contributed by atoms with Crippen molar-refractivity contribution in [1.82, 2.24) is 0 Å². The molecule has 0 heterocycles. The molecule has 0 bridgehead atoms. The first-order valence-electron chi connectivity index (χ1n) is 13.5. The molecule has 2 fully saturated rings. The molecule has 0 unspecified atom stereocenters. The average molecular weight is 487 g/mol. The van der Waals surface area contributed by atoms with Crippen LogP contribution in [0.5, 0.6) is 0 Å². The number of carboxylic acids is 1. The minimum absolute atomic E-state index is 0.0149. The van der Waals surface area contributed by atoms with Crippen LogP contribution in [0.25, 0.3) is 0 Å². The highest BCUT2D eigenvalue weighted by molar-refractivity contribution is 5.71. The summed E-state index contributed by atoms with van der Waals surface area (Å²) < 4.78 is 0. The Morgan fingerprint density at radius 3 is 2.46 bits per heavy atom. The van der Waals surface area contributed by atoms with E-state index in [0.717, 1.165) is 31.3 Å². The van der Waals surface area contributed by atoms with E-state index in [1.807, 2.05) is 13.0 Å². The first-order valence-corrected chi connectivity index (χ1v) is 13.5. The Morgan fingerprint density at radius 1 is 1.14 bits per heavy atom. The molecule has 4 rings (SSSR count). The Labute approximate surface area is 211 Å². The van der Waals surface area contributed by atoms with Gasteiger partial charge in [-0.2, -0.15) is 0 Å². The molecule has 8 atom stereocenters. The first-order chi connectivity index (χ1) is 16.2. The van der Waals surface area contributed by atoms with E-state index in [1.54, 1.807) is 0 Å². The van der Waals surface area contributed by atoms with Crippen molar-refractivity contribution in [1.29, 1.82) is 0 Å². The van der Waals surface area contributed by atoms with Crippen molar-refractivity contribution in [3.05, 3.63) is 34.9 Å². The summed E-state index contributed by atoms with van der Waals surface area (Å²) in [5.41, 5.74) is 2.72.